The molecule has 0 rings (SSSR count). The Morgan fingerprint density at radius 3 is 1.05 bits per heavy atom. The minimum atomic E-state index is -7.82. The summed E-state index contributed by atoms with van der Waals surface area (Å²) in [5.41, 5.74) is 0. The maximum atomic E-state index is 12.6. The third-order valence-electron chi connectivity index (χ3n) is 2.20. The second kappa shape index (κ2) is 5.05. The maximum Gasteiger partial charge on any atom is 0.384 e. The van der Waals surface area contributed by atoms with Crippen molar-refractivity contribution in [3.63, 3.8) is 0 Å². The summed E-state index contributed by atoms with van der Waals surface area (Å²) in [5.74, 6) is -37.2. The van der Waals surface area contributed by atoms with Crippen LogP contribution in [0.15, 0.2) is 0 Å². The van der Waals surface area contributed by atoms with E-state index in [1.165, 1.54) is 0 Å². The van der Waals surface area contributed by atoms with Crippen molar-refractivity contribution in [1.82, 2.24) is 0 Å². The molecule has 0 aliphatic carbocycles. The lowest BCUT2D eigenvalue weighted by Crippen LogP contribution is -2.70. The molecule has 0 spiro atoms. The molecule has 0 aliphatic heterocycles. The van der Waals surface area contributed by atoms with Gasteiger partial charge in [-0.05, 0) is 0 Å². The molecule has 1 nitrogen and oxygen atoms in total. The summed E-state index contributed by atoms with van der Waals surface area (Å²) in [4.78, 5) is 0. The second-order valence-electron chi connectivity index (χ2n) is 3.61. The molecule has 128 valence electrons. The Morgan fingerprint density at radius 2 is 0.810 bits per heavy atom. The molecule has 0 radical (unpaired) electrons. The summed E-state index contributed by atoms with van der Waals surface area (Å²) < 4.78 is 159. The van der Waals surface area contributed by atoms with E-state index in [-0.39, 0.29) is 0 Å². The molecule has 0 heterocycles. The molecule has 0 fully saturated rings. The van der Waals surface area contributed by atoms with Gasteiger partial charge < -0.3 is 5.11 Å². The van der Waals surface area contributed by atoms with Gasteiger partial charge in [0.2, 0.25) is 0 Å². The van der Waals surface area contributed by atoms with E-state index in [0.717, 1.165) is 0 Å². The first-order chi connectivity index (χ1) is 8.89. The van der Waals surface area contributed by atoms with Gasteiger partial charge in [-0.25, -0.2) is 13.2 Å². The molecule has 1 atom stereocenters. The Labute approximate surface area is 106 Å². The van der Waals surface area contributed by atoms with Crippen LogP contribution in [0.2, 0.25) is 0 Å². The predicted molar refractivity (Wildman–Crippen MR) is 37.9 cm³/mol. The summed E-state index contributed by atoms with van der Waals surface area (Å²) >= 11 is 0. The fourth-order valence-electron chi connectivity index (χ4n) is 0.902. The lowest BCUT2D eigenvalue weighted by molar-refractivity contribution is -0.425. The van der Waals surface area contributed by atoms with E-state index in [1.54, 1.807) is 0 Å². The van der Waals surface area contributed by atoms with Crippen molar-refractivity contribution in [2.75, 3.05) is 0 Å². The predicted octanol–water partition coefficient (Wildman–Crippen LogP) is 3.72. The van der Waals surface area contributed by atoms with Gasteiger partial charge in [-0.1, -0.05) is 0 Å². The molecule has 0 aliphatic rings. The monoisotopic (exact) mass is 350 g/mol. The minimum absolute atomic E-state index is 5.16. The van der Waals surface area contributed by atoms with Crippen LogP contribution in [0, 0.1) is 0 Å². The van der Waals surface area contributed by atoms with Crippen LogP contribution in [-0.2, 0) is 0 Å². The average molecular weight is 350 g/mol. The molecular weight excluding hydrogens is 347 g/mol. The summed E-state index contributed by atoms with van der Waals surface area (Å²) in [6.07, 6.45) is -10.8. The van der Waals surface area contributed by atoms with E-state index in [1.807, 2.05) is 0 Å². The Morgan fingerprint density at radius 1 is 0.524 bits per heavy atom. The van der Waals surface area contributed by atoms with Crippen LogP contribution in [-0.4, -0.2) is 47.5 Å². The summed E-state index contributed by atoms with van der Waals surface area (Å²) in [6, 6.07) is 0. The molecule has 0 amide bonds. The van der Waals surface area contributed by atoms with Crippen LogP contribution in [0.4, 0.5) is 57.1 Å². The van der Waals surface area contributed by atoms with Gasteiger partial charge in [0.15, 0.2) is 0 Å². The minimum Gasteiger partial charge on any atom is -0.359 e. The lowest BCUT2D eigenvalue weighted by Gasteiger charge is -2.39. The molecule has 14 heteroatoms. The zero-order valence-corrected chi connectivity index (χ0v) is 9.02. The first kappa shape index (κ1) is 20.1. The molecule has 0 saturated carbocycles. The van der Waals surface area contributed by atoms with Crippen molar-refractivity contribution in [2.24, 2.45) is 0 Å². The van der Waals surface area contributed by atoms with Gasteiger partial charge in [0.1, 0.15) is 0 Å². The third-order valence-corrected chi connectivity index (χ3v) is 2.20. The topological polar surface area (TPSA) is 20.2 Å². The Bertz CT molecular complexity index is 339. The van der Waals surface area contributed by atoms with Crippen LogP contribution in [0.3, 0.4) is 0 Å². The second-order valence-corrected chi connectivity index (χ2v) is 3.61. The number of halogens is 13. The fraction of sp³-hybridized carbons (Fsp3) is 1.00. The van der Waals surface area contributed by atoms with E-state index in [9.17, 15) is 57.1 Å². The first-order valence-electron chi connectivity index (χ1n) is 4.38. The first-order valence-corrected chi connectivity index (χ1v) is 4.38. The van der Waals surface area contributed by atoms with Crippen molar-refractivity contribution < 1.29 is 62.2 Å². The molecule has 1 N–H and O–H groups in total. The highest BCUT2D eigenvalue weighted by Gasteiger charge is 2.88. The average Bonchev–Trinajstić information content (AvgIpc) is 2.27. The highest BCUT2D eigenvalue weighted by atomic mass is 19.4. The number of alkyl halides is 13. The molecule has 0 aromatic heterocycles. The number of aliphatic hydroxyl groups excluding tert-OH is 1. The van der Waals surface area contributed by atoms with Crippen molar-refractivity contribution >= 4 is 0 Å². The van der Waals surface area contributed by atoms with Gasteiger partial charge in [0, 0.05) is 0 Å². The number of hydrogen-bond donors (Lipinski definition) is 1. The van der Waals surface area contributed by atoms with Gasteiger partial charge in [-0.3, -0.25) is 0 Å². The SMILES string of the molecule is OC(F)C(F)(F)C(F)(F)C(F)(F)C(F)(F)C(F)(F)C(F)F. The molecule has 21 heavy (non-hydrogen) atoms. The zero-order valence-electron chi connectivity index (χ0n) is 9.02. The van der Waals surface area contributed by atoms with E-state index in [0.29, 0.717) is 0 Å². The van der Waals surface area contributed by atoms with Crippen LogP contribution in [0.1, 0.15) is 0 Å². The standard InChI is InChI=1S/C7H3F13O/c8-1(9)3(11,12)5(15,16)7(19,20)6(17,18)4(13,14)2(10)21/h1-2,21H. The molecule has 0 aromatic rings. The normalized spacial score (nSPS) is 17.3. The summed E-state index contributed by atoms with van der Waals surface area (Å²) in [6.45, 7) is 0. The van der Waals surface area contributed by atoms with E-state index < -0.39 is 42.4 Å². The maximum absolute atomic E-state index is 12.6. The van der Waals surface area contributed by atoms with Crippen molar-refractivity contribution in [3.8, 4) is 0 Å². The Balaban J connectivity index is 6.09. The quantitative estimate of drug-likeness (QED) is 0.724. The Kier molecular flexibility index (Phi) is 4.82. The van der Waals surface area contributed by atoms with Gasteiger partial charge in [0.05, 0.1) is 0 Å². The highest BCUT2D eigenvalue weighted by Crippen LogP contribution is 2.58. The van der Waals surface area contributed by atoms with Gasteiger partial charge >= 0.3 is 36.0 Å². The van der Waals surface area contributed by atoms with Gasteiger partial charge in [0.25, 0.3) is 6.36 Å². The summed E-state index contributed by atoms with van der Waals surface area (Å²) in [7, 11) is 0. The lowest BCUT2D eigenvalue weighted by atomic mass is 9.94. The molecule has 0 bridgehead atoms. The molecule has 1 unspecified atom stereocenters. The van der Waals surface area contributed by atoms with Gasteiger partial charge in [-0.15, -0.1) is 0 Å². The van der Waals surface area contributed by atoms with Crippen molar-refractivity contribution in [1.29, 1.82) is 0 Å². The molecule has 0 saturated heterocycles. The summed E-state index contributed by atoms with van der Waals surface area (Å²) in [5, 5.41) is 7.55. The number of aliphatic hydroxyl groups is 1. The third kappa shape index (κ3) is 2.50. The molecular formula is C7H3F13O. The van der Waals surface area contributed by atoms with Crippen molar-refractivity contribution in [3.05, 3.63) is 0 Å². The zero-order chi connectivity index (χ0) is 17.7. The smallest absolute Gasteiger partial charge is 0.359 e. The van der Waals surface area contributed by atoms with E-state index in [2.05, 4.69) is 0 Å². The highest BCUT2D eigenvalue weighted by molar-refractivity contribution is 5.09. The van der Waals surface area contributed by atoms with Gasteiger partial charge in [-0.2, -0.15) is 43.9 Å². The van der Waals surface area contributed by atoms with E-state index >= 15 is 0 Å². The van der Waals surface area contributed by atoms with E-state index in [4.69, 9.17) is 5.11 Å². The molecule has 0 aromatic carbocycles. The number of rotatable bonds is 6. The Hall–Kier alpha value is -0.950. The van der Waals surface area contributed by atoms with Crippen LogP contribution < -0.4 is 0 Å². The van der Waals surface area contributed by atoms with Crippen LogP contribution in [0.25, 0.3) is 0 Å². The van der Waals surface area contributed by atoms with Crippen LogP contribution >= 0.6 is 0 Å². The van der Waals surface area contributed by atoms with Crippen LogP contribution in [0.5, 0.6) is 0 Å². The largest absolute Gasteiger partial charge is 0.384 e. The fourth-order valence-corrected chi connectivity index (χ4v) is 0.902. The van der Waals surface area contributed by atoms with Crippen molar-refractivity contribution in [2.45, 2.75) is 42.4 Å². The number of hydrogen-bond acceptors (Lipinski definition) is 1.